The molecule has 0 spiro atoms. The van der Waals surface area contributed by atoms with Crippen molar-refractivity contribution >= 4 is 31.7 Å². The standard InChI is InChI=1S/C18H20BrN3O3S/c1-13-2-4-17(5-3-13)26(23,24)25-22-7-6-14-11-21(12-18(14)22)16-8-15(19)9-20-10-16/h2-5,8-10,14,18H,6-7,11-12H2,1H3/t14-,18+/m0/s1. The van der Waals surface area contributed by atoms with Gasteiger partial charge in [-0.25, -0.2) is 0 Å². The van der Waals surface area contributed by atoms with E-state index >= 15 is 0 Å². The van der Waals surface area contributed by atoms with Gasteiger partial charge < -0.3 is 4.90 Å². The van der Waals surface area contributed by atoms with Gasteiger partial charge in [0.1, 0.15) is 0 Å². The molecule has 0 radical (unpaired) electrons. The van der Waals surface area contributed by atoms with E-state index in [4.69, 9.17) is 4.28 Å². The lowest BCUT2D eigenvalue weighted by Crippen LogP contribution is -2.37. The number of anilines is 1. The van der Waals surface area contributed by atoms with Gasteiger partial charge in [0, 0.05) is 30.3 Å². The summed E-state index contributed by atoms with van der Waals surface area (Å²) in [5, 5.41) is 1.64. The van der Waals surface area contributed by atoms with Gasteiger partial charge in [-0.2, -0.15) is 17.8 Å². The van der Waals surface area contributed by atoms with Crippen molar-refractivity contribution in [3.8, 4) is 0 Å². The number of hydroxylamine groups is 2. The highest BCUT2D eigenvalue weighted by Crippen LogP contribution is 2.35. The van der Waals surface area contributed by atoms with Crippen molar-refractivity contribution in [2.24, 2.45) is 5.92 Å². The topological polar surface area (TPSA) is 62.7 Å². The largest absolute Gasteiger partial charge is 0.368 e. The third kappa shape index (κ3) is 3.51. The van der Waals surface area contributed by atoms with Crippen LogP contribution in [0.2, 0.25) is 0 Å². The average Bonchev–Trinajstić information content (AvgIpc) is 3.17. The van der Waals surface area contributed by atoms with Crippen molar-refractivity contribution in [3.63, 3.8) is 0 Å². The zero-order valence-electron chi connectivity index (χ0n) is 14.4. The van der Waals surface area contributed by atoms with Crippen LogP contribution >= 0.6 is 15.9 Å². The molecule has 8 heteroatoms. The van der Waals surface area contributed by atoms with Gasteiger partial charge in [0.05, 0.1) is 22.8 Å². The van der Waals surface area contributed by atoms with Crippen LogP contribution < -0.4 is 4.90 Å². The molecule has 2 saturated heterocycles. The lowest BCUT2D eigenvalue weighted by Gasteiger charge is -2.24. The van der Waals surface area contributed by atoms with Crippen molar-refractivity contribution in [2.75, 3.05) is 24.5 Å². The molecule has 3 heterocycles. The van der Waals surface area contributed by atoms with Crippen molar-refractivity contribution < 1.29 is 12.7 Å². The van der Waals surface area contributed by atoms with Crippen molar-refractivity contribution in [1.29, 1.82) is 0 Å². The molecule has 0 aliphatic carbocycles. The summed E-state index contributed by atoms with van der Waals surface area (Å²) in [6, 6.07) is 8.83. The quantitative estimate of drug-likeness (QED) is 0.732. The van der Waals surface area contributed by atoms with E-state index < -0.39 is 10.1 Å². The molecule has 1 aromatic heterocycles. The summed E-state index contributed by atoms with van der Waals surface area (Å²) in [4.78, 5) is 6.65. The van der Waals surface area contributed by atoms with Crippen LogP contribution in [0, 0.1) is 12.8 Å². The number of benzene rings is 1. The second-order valence-electron chi connectivity index (χ2n) is 6.86. The van der Waals surface area contributed by atoms with Crippen LogP contribution in [0.1, 0.15) is 12.0 Å². The Balaban J connectivity index is 1.48. The van der Waals surface area contributed by atoms with E-state index in [2.05, 4.69) is 25.8 Å². The monoisotopic (exact) mass is 437 g/mol. The molecule has 0 bridgehead atoms. The number of pyridine rings is 1. The number of halogens is 1. The van der Waals surface area contributed by atoms with Crippen LogP contribution in [-0.4, -0.2) is 44.1 Å². The number of hydrogen-bond acceptors (Lipinski definition) is 6. The lowest BCUT2D eigenvalue weighted by atomic mass is 10.1. The summed E-state index contributed by atoms with van der Waals surface area (Å²) in [6.07, 6.45) is 4.51. The first-order chi connectivity index (χ1) is 12.4. The van der Waals surface area contributed by atoms with E-state index in [0.29, 0.717) is 12.5 Å². The lowest BCUT2D eigenvalue weighted by molar-refractivity contribution is -0.0619. The molecule has 0 N–H and O–H groups in total. The molecule has 2 fully saturated rings. The summed E-state index contributed by atoms with van der Waals surface area (Å²) in [6.45, 7) is 4.16. The summed E-state index contributed by atoms with van der Waals surface area (Å²) >= 11 is 3.45. The number of fused-ring (bicyclic) bond motifs is 1. The predicted molar refractivity (Wildman–Crippen MR) is 102 cm³/mol. The molecule has 2 atom stereocenters. The van der Waals surface area contributed by atoms with Crippen LogP contribution in [0.4, 0.5) is 5.69 Å². The van der Waals surface area contributed by atoms with E-state index in [9.17, 15) is 8.42 Å². The molecule has 138 valence electrons. The van der Waals surface area contributed by atoms with Gasteiger partial charge in [0.15, 0.2) is 0 Å². The second-order valence-corrected chi connectivity index (χ2v) is 9.31. The number of hydrogen-bond donors (Lipinski definition) is 0. The maximum atomic E-state index is 12.6. The Morgan fingerprint density at radius 3 is 2.69 bits per heavy atom. The van der Waals surface area contributed by atoms with Gasteiger partial charge >= 0.3 is 10.1 Å². The minimum Gasteiger partial charge on any atom is -0.368 e. The molecule has 1 aromatic carbocycles. The molecule has 2 aromatic rings. The van der Waals surface area contributed by atoms with Crippen molar-refractivity contribution in [1.82, 2.24) is 10.0 Å². The number of nitrogens with zero attached hydrogens (tertiary/aromatic N) is 3. The van der Waals surface area contributed by atoms with E-state index in [-0.39, 0.29) is 10.9 Å². The van der Waals surface area contributed by atoms with Crippen LogP contribution in [0.5, 0.6) is 0 Å². The summed E-state index contributed by atoms with van der Waals surface area (Å²) < 4.78 is 31.6. The fourth-order valence-electron chi connectivity index (χ4n) is 3.67. The highest BCUT2D eigenvalue weighted by molar-refractivity contribution is 9.10. The molecule has 6 nitrogen and oxygen atoms in total. The second kappa shape index (κ2) is 6.92. The SMILES string of the molecule is Cc1ccc(S(=O)(=O)ON2CC[C@H]3CN(c4cncc(Br)c4)C[C@H]32)cc1. The zero-order chi connectivity index (χ0) is 18.3. The molecular formula is C18H20BrN3O3S. The molecule has 2 aliphatic heterocycles. The maximum Gasteiger partial charge on any atom is 0.313 e. The highest BCUT2D eigenvalue weighted by atomic mass is 79.9. The normalized spacial score (nSPS) is 23.4. The molecule has 4 rings (SSSR count). The Hall–Kier alpha value is -1.48. The highest BCUT2D eigenvalue weighted by Gasteiger charge is 2.44. The van der Waals surface area contributed by atoms with Gasteiger partial charge in [-0.15, -0.1) is 0 Å². The van der Waals surface area contributed by atoms with Gasteiger partial charge in [-0.3, -0.25) is 4.98 Å². The third-order valence-corrected chi connectivity index (χ3v) is 6.73. The first-order valence-corrected chi connectivity index (χ1v) is 10.8. The Bertz CT molecular complexity index is 904. The molecule has 0 saturated carbocycles. The smallest absolute Gasteiger partial charge is 0.313 e. The van der Waals surface area contributed by atoms with Crippen molar-refractivity contribution in [3.05, 3.63) is 52.8 Å². The predicted octanol–water partition coefficient (Wildman–Crippen LogP) is 2.98. The fourth-order valence-corrected chi connectivity index (χ4v) is 5.02. The van der Waals surface area contributed by atoms with E-state index in [0.717, 1.165) is 35.2 Å². The van der Waals surface area contributed by atoms with Gasteiger partial charge in [0.2, 0.25) is 0 Å². The Labute approximate surface area is 162 Å². The van der Waals surface area contributed by atoms with Crippen LogP contribution in [0.25, 0.3) is 0 Å². The number of aromatic nitrogens is 1. The Kier molecular flexibility index (Phi) is 4.77. The Morgan fingerprint density at radius 1 is 1.19 bits per heavy atom. The first kappa shape index (κ1) is 17.9. The molecule has 0 unspecified atom stereocenters. The van der Waals surface area contributed by atoms with E-state index in [1.807, 2.05) is 19.2 Å². The maximum absolute atomic E-state index is 12.6. The summed E-state index contributed by atoms with van der Waals surface area (Å²) in [5.41, 5.74) is 2.05. The molecule has 2 aliphatic rings. The van der Waals surface area contributed by atoms with Gasteiger partial charge in [-0.1, -0.05) is 17.7 Å². The molecule has 26 heavy (non-hydrogen) atoms. The number of rotatable bonds is 4. The fraction of sp³-hybridized carbons (Fsp3) is 0.389. The zero-order valence-corrected chi connectivity index (χ0v) is 16.8. The van der Waals surface area contributed by atoms with Crippen molar-refractivity contribution in [2.45, 2.75) is 24.3 Å². The van der Waals surface area contributed by atoms with Gasteiger partial charge in [-0.05, 0) is 53.4 Å². The average molecular weight is 438 g/mol. The van der Waals surface area contributed by atoms with E-state index in [1.54, 1.807) is 35.5 Å². The van der Waals surface area contributed by atoms with Crippen LogP contribution in [0.15, 0.2) is 52.1 Å². The van der Waals surface area contributed by atoms with E-state index in [1.165, 1.54) is 0 Å². The molecular weight excluding hydrogens is 418 g/mol. The van der Waals surface area contributed by atoms with Gasteiger partial charge in [0.25, 0.3) is 0 Å². The van der Waals surface area contributed by atoms with Crippen LogP contribution in [-0.2, 0) is 14.4 Å². The summed E-state index contributed by atoms with van der Waals surface area (Å²) in [5.74, 6) is 0.391. The number of aryl methyl sites for hydroxylation is 1. The minimum absolute atomic E-state index is 0.0641. The first-order valence-electron chi connectivity index (χ1n) is 8.56. The third-order valence-electron chi connectivity index (χ3n) is 5.06. The summed E-state index contributed by atoms with van der Waals surface area (Å²) in [7, 11) is -3.80. The van der Waals surface area contributed by atoms with Crippen LogP contribution in [0.3, 0.4) is 0 Å². The Morgan fingerprint density at radius 2 is 1.96 bits per heavy atom. The molecule has 0 amide bonds. The minimum atomic E-state index is -3.80.